The van der Waals surface area contributed by atoms with Gasteiger partial charge in [0.05, 0.1) is 7.11 Å². The third-order valence-electron chi connectivity index (χ3n) is 4.80. The van der Waals surface area contributed by atoms with Crippen molar-refractivity contribution < 1.29 is 9.53 Å². The molecular formula is C23H27NO2S. The standard InChI is InChI=1S/C23H27NO2S/c1-26-22-13-12-19(16-20(22)17-27-21-10-6-3-7-11-21)23(25)24-15-14-18-8-4-2-5-9-18/h3,6-8,10-13,16H,2,4-5,9,14-15,17H2,1H3,(H,24,25). The van der Waals surface area contributed by atoms with Crippen molar-refractivity contribution in [1.82, 2.24) is 5.32 Å². The Morgan fingerprint density at radius 2 is 2.00 bits per heavy atom. The normalized spacial score (nSPS) is 13.7. The van der Waals surface area contributed by atoms with Crippen molar-refractivity contribution in [2.45, 2.75) is 42.8 Å². The Hall–Kier alpha value is -2.20. The second-order valence-corrected chi connectivity index (χ2v) is 7.79. The third kappa shape index (κ3) is 5.90. The number of benzene rings is 2. The predicted molar refractivity (Wildman–Crippen MR) is 112 cm³/mol. The van der Waals surface area contributed by atoms with Gasteiger partial charge in [0.1, 0.15) is 5.75 Å². The van der Waals surface area contributed by atoms with Crippen molar-refractivity contribution in [3.8, 4) is 5.75 Å². The minimum Gasteiger partial charge on any atom is -0.496 e. The number of amides is 1. The van der Waals surface area contributed by atoms with E-state index in [-0.39, 0.29) is 5.91 Å². The molecule has 3 nitrogen and oxygen atoms in total. The van der Waals surface area contributed by atoms with Crippen LogP contribution in [0.15, 0.2) is 65.1 Å². The molecule has 0 radical (unpaired) electrons. The van der Waals surface area contributed by atoms with Crippen LogP contribution in [0.2, 0.25) is 0 Å². The number of methoxy groups -OCH3 is 1. The van der Waals surface area contributed by atoms with E-state index in [1.54, 1.807) is 18.9 Å². The second kappa shape index (κ2) is 10.2. The molecule has 0 aromatic heterocycles. The predicted octanol–water partition coefficient (Wildman–Crippen LogP) is 5.61. The average Bonchev–Trinajstić information content (AvgIpc) is 2.73. The molecule has 1 aliphatic rings. The lowest BCUT2D eigenvalue weighted by Gasteiger charge is -2.14. The molecule has 0 bridgehead atoms. The molecule has 3 rings (SSSR count). The molecule has 4 heteroatoms. The SMILES string of the molecule is COc1ccc(C(=O)NCCC2=CCCCC2)cc1CSc1ccccc1. The van der Waals surface area contributed by atoms with Gasteiger partial charge in [0.25, 0.3) is 5.91 Å². The van der Waals surface area contributed by atoms with Gasteiger partial charge in [-0.1, -0.05) is 29.8 Å². The summed E-state index contributed by atoms with van der Waals surface area (Å²) in [5.74, 6) is 1.57. The van der Waals surface area contributed by atoms with Crippen LogP contribution in [0.25, 0.3) is 0 Å². The number of allylic oxidation sites excluding steroid dienone is 1. The molecule has 27 heavy (non-hydrogen) atoms. The van der Waals surface area contributed by atoms with Gasteiger partial charge in [-0.15, -0.1) is 11.8 Å². The molecule has 1 N–H and O–H groups in total. The van der Waals surface area contributed by atoms with Crippen molar-refractivity contribution in [3.05, 3.63) is 71.3 Å². The van der Waals surface area contributed by atoms with Gasteiger partial charge in [0, 0.05) is 28.3 Å². The van der Waals surface area contributed by atoms with Gasteiger partial charge >= 0.3 is 0 Å². The van der Waals surface area contributed by atoms with E-state index in [0.29, 0.717) is 12.1 Å². The molecule has 0 aliphatic heterocycles. The first-order valence-electron chi connectivity index (χ1n) is 9.57. The minimum absolute atomic E-state index is 0.0139. The molecule has 0 heterocycles. The highest BCUT2D eigenvalue weighted by atomic mass is 32.2. The molecule has 0 saturated carbocycles. The Kier molecular flexibility index (Phi) is 7.40. The van der Waals surface area contributed by atoms with E-state index in [4.69, 9.17) is 4.74 Å². The Labute approximate surface area is 166 Å². The molecule has 0 fully saturated rings. The van der Waals surface area contributed by atoms with Crippen LogP contribution in [-0.4, -0.2) is 19.6 Å². The lowest BCUT2D eigenvalue weighted by Crippen LogP contribution is -2.25. The number of carbonyl (C=O) groups is 1. The van der Waals surface area contributed by atoms with Gasteiger partial charge in [-0.3, -0.25) is 4.79 Å². The zero-order valence-electron chi connectivity index (χ0n) is 15.9. The monoisotopic (exact) mass is 381 g/mol. The molecule has 2 aromatic rings. The van der Waals surface area contributed by atoms with Crippen molar-refractivity contribution in [3.63, 3.8) is 0 Å². The van der Waals surface area contributed by atoms with Crippen LogP contribution >= 0.6 is 11.8 Å². The maximum atomic E-state index is 12.5. The molecule has 0 saturated heterocycles. The van der Waals surface area contributed by atoms with Crippen molar-refractivity contribution >= 4 is 17.7 Å². The topological polar surface area (TPSA) is 38.3 Å². The number of ether oxygens (including phenoxy) is 1. The van der Waals surface area contributed by atoms with Crippen molar-refractivity contribution in [2.75, 3.05) is 13.7 Å². The van der Waals surface area contributed by atoms with Crippen LogP contribution < -0.4 is 10.1 Å². The van der Waals surface area contributed by atoms with Crippen LogP contribution in [0.4, 0.5) is 0 Å². The highest BCUT2D eigenvalue weighted by Gasteiger charge is 2.11. The number of hydrogen-bond acceptors (Lipinski definition) is 3. The van der Waals surface area contributed by atoms with E-state index in [1.165, 1.54) is 36.2 Å². The number of thioether (sulfide) groups is 1. The summed E-state index contributed by atoms with van der Waals surface area (Å²) in [4.78, 5) is 13.7. The lowest BCUT2D eigenvalue weighted by molar-refractivity contribution is 0.0954. The summed E-state index contributed by atoms with van der Waals surface area (Å²) in [6.45, 7) is 0.699. The smallest absolute Gasteiger partial charge is 0.251 e. The van der Waals surface area contributed by atoms with Crippen LogP contribution in [0.3, 0.4) is 0 Å². The largest absolute Gasteiger partial charge is 0.496 e. The van der Waals surface area contributed by atoms with Crippen LogP contribution in [0.1, 0.15) is 48.0 Å². The summed E-state index contributed by atoms with van der Waals surface area (Å²) in [6, 6.07) is 15.9. The number of hydrogen-bond donors (Lipinski definition) is 1. The van der Waals surface area contributed by atoms with E-state index < -0.39 is 0 Å². The highest BCUT2D eigenvalue weighted by molar-refractivity contribution is 7.98. The van der Waals surface area contributed by atoms with Crippen LogP contribution in [0, 0.1) is 0 Å². The van der Waals surface area contributed by atoms with Crippen molar-refractivity contribution in [1.29, 1.82) is 0 Å². The van der Waals surface area contributed by atoms with Gasteiger partial charge in [0.2, 0.25) is 0 Å². The van der Waals surface area contributed by atoms with E-state index >= 15 is 0 Å². The van der Waals surface area contributed by atoms with Gasteiger partial charge in [-0.25, -0.2) is 0 Å². The Balaban J connectivity index is 1.59. The summed E-state index contributed by atoms with van der Waals surface area (Å²) < 4.78 is 5.48. The first-order chi connectivity index (χ1) is 13.3. The molecule has 1 aliphatic carbocycles. The molecular weight excluding hydrogens is 354 g/mol. The molecule has 0 atom stereocenters. The zero-order chi connectivity index (χ0) is 18.9. The van der Waals surface area contributed by atoms with E-state index in [2.05, 4.69) is 23.5 Å². The zero-order valence-corrected chi connectivity index (χ0v) is 16.7. The van der Waals surface area contributed by atoms with E-state index in [0.717, 1.165) is 23.5 Å². The van der Waals surface area contributed by atoms with Gasteiger partial charge in [-0.2, -0.15) is 0 Å². The lowest BCUT2D eigenvalue weighted by atomic mass is 9.97. The third-order valence-corrected chi connectivity index (χ3v) is 5.86. The van der Waals surface area contributed by atoms with Crippen LogP contribution in [-0.2, 0) is 5.75 Å². The summed E-state index contributed by atoms with van der Waals surface area (Å²) in [5, 5.41) is 3.06. The summed E-state index contributed by atoms with van der Waals surface area (Å²) in [7, 11) is 1.67. The first-order valence-corrected chi connectivity index (χ1v) is 10.6. The maximum Gasteiger partial charge on any atom is 0.251 e. The average molecular weight is 382 g/mol. The molecule has 0 unspecified atom stereocenters. The highest BCUT2D eigenvalue weighted by Crippen LogP contribution is 2.28. The second-order valence-electron chi connectivity index (χ2n) is 6.74. The maximum absolute atomic E-state index is 12.5. The fourth-order valence-electron chi connectivity index (χ4n) is 3.28. The van der Waals surface area contributed by atoms with Crippen LogP contribution in [0.5, 0.6) is 5.75 Å². The summed E-state index contributed by atoms with van der Waals surface area (Å²) >= 11 is 1.74. The van der Waals surface area contributed by atoms with E-state index in [1.807, 2.05) is 36.4 Å². The number of nitrogens with one attached hydrogen (secondary N) is 1. The van der Waals surface area contributed by atoms with Gasteiger partial charge < -0.3 is 10.1 Å². The fraction of sp³-hybridized carbons (Fsp3) is 0.348. The Morgan fingerprint density at radius 1 is 1.15 bits per heavy atom. The van der Waals surface area contributed by atoms with E-state index in [9.17, 15) is 4.79 Å². The molecule has 142 valence electrons. The number of carbonyl (C=O) groups excluding carboxylic acids is 1. The quantitative estimate of drug-likeness (QED) is 0.477. The minimum atomic E-state index is -0.0139. The summed E-state index contributed by atoms with van der Waals surface area (Å²) in [5.41, 5.74) is 3.21. The van der Waals surface area contributed by atoms with Gasteiger partial charge in [0.15, 0.2) is 0 Å². The Bertz CT molecular complexity index is 786. The van der Waals surface area contributed by atoms with Gasteiger partial charge in [-0.05, 0) is 62.4 Å². The number of rotatable bonds is 8. The molecule has 2 aromatic carbocycles. The summed E-state index contributed by atoms with van der Waals surface area (Å²) in [6.07, 6.45) is 8.23. The van der Waals surface area contributed by atoms with Crippen molar-refractivity contribution in [2.24, 2.45) is 0 Å². The molecule has 1 amide bonds. The first kappa shape index (κ1) is 19.6. The fourth-order valence-corrected chi connectivity index (χ4v) is 4.18. The Morgan fingerprint density at radius 3 is 2.74 bits per heavy atom. The molecule has 0 spiro atoms.